The van der Waals surface area contributed by atoms with E-state index in [1.165, 1.54) is 4.31 Å². The largest absolute Gasteiger partial charge is 0.461 e. The van der Waals surface area contributed by atoms with Crippen LogP contribution >= 0.6 is 0 Å². The van der Waals surface area contributed by atoms with Crippen LogP contribution in [0.25, 0.3) is 0 Å². The Hall–Kier alpha value is -1.60. The summed E-state index contributed by atoms with van der Waals surface area (Å²) in [6.45, 7) is 6.06. The first-order chi connectivity index (χ1) is 9.89. The summed E-state index contributed by atoms with van der Waals surface area (Å²) in [5, 5.41) is 0. The van der Waals surface area contributed by atoms with E-state index >= 15 is 0 Å². The van der Waals surface area contributed by atoms with Crippen LogP contribution in [0.5, 0.6) is 0 Å². The lowest BCUT2D eigenvalue weighted by Gasteiger charge is -2.23. The first kappa shape index (κ1) is 15.8. The van der Waals surface area contributed by atoms with Crippen molar-refractivity contribution in [2.75, 3.05) is 19.7 Å². The summed E-state index contributed by atoms with van der Waals surface area (Å²) < 4.78 is 31.9. The van der Waals surface area contributed by atoms with Crippen molar-refractivity contribution >= 4 is 16.0 Å². The van der Waals surface area contributed by atoms with Gasteiger partial charge in [-0.1, -0.05) is 12.2 Å². The van der Waals surface area contributed by atoms with Gasteiger partial charge in [-0.05, 0) is 27.2 Å². The van der Waals surface area contributed by atoms with Crippen molar-refractivity contribution < 1.29 is 17.9 Å². The van der Waals surface area contributed by atoms with Gasteiger partial charge in [0.2, 0.25) is 10.0 Å². The van der Waals surface area contributed by atoms with E-state index in [1.54, 1.807) is 20.8 Å². The lowest BCUT2D eigenvalue weighted by Crippen LogP contribution is -2.34. The summed E-state index contributed by atoms with van der Waals surface area (Å²) in [7, 11) is -3.61. The number of sulfonamides is 1. The molecule has 0 saturated carbocycles. The third-order valence-electron chi connectivity index (χ3n) is 3.47. The van der Waals surface area contributed by atoms with Crippen molar-refractivity contribution in [3.63, 3.8) is 0 Å². The van der Waals surface area contributed by atoms with Gasteiger partial charge >= 0.3 is 5.97 Å². The fourth-order valence-electron chi connectivity index (χ4n) is 2.49. The highest BCUT2D eigenvalue weighted by molar-refractivity contribution is 7.89. The maximum atomic E-state index is 12.7. The van der Waals surface area contributed by atoms with Crippen molar-refractivity contribution in [1.82, 2.24) is 9.29 Å². The quantitative estimate of drug-likeness (QED) is 0.678. The molecule has 0 atom stereocenters. The fourth-order valence-corrected chi connectivity index (χ4v) is 4.31. The van der Waals surface area contributed by atoms with Gasteiger partial charge < -0.3 is 9.72 Å². The SMILES string of the molecule is CCOC(=O)c1[nH]c(C)c(S(=O)(=O)N2CC=CCC2)c1C. The zero-order chi connectivity index (χ0) is 15.6. The van der Waals surface area contributed by atoms with E-state index in [1.807, 2.05) is 12.2 Å². The molecule has 1 aliphatic heterocycles. The van der Waals surface area contributed by atoms with Gasteiger partial charge in [-0.2, -0.15) is 4.31 Å². The molecule has 0 fully saturated rings. The lowest BCUT2D eigenvalue weighted by molar-refractivity contribution is 0.0519. The molecule has 1 aliphatic rings. The van der Waals surface area contributed by atoms with Crippen molar-refractivity contribution in [3.05, 3.63) is 29.1 Å². The van der Waals surface area contributed by atoms with Crippen LogP contribution in [0.4, 0.5) is 0 Å². The Morgan fingerprint density at radius 3 is 2.67 bits per heavy atom. The normalized spacial score (nSPS) is 16.1. The minimum atomic E-state index is -3.61. The van der Waals surface area contributed by atoms with Gasteiger partial charge in [-0.15, -0.1) is 0 Å². The highest BCUT2D eigenvalue weighted by atomic mass is 32.2. The molecule has 0 aliphatic carbocycles. The summed E-state index contributed by atoms with van der Waals surface area (Å²) in [6, 6.07) is 0. The zero-order valence-corrected chi connectivity index (χ0v) is 13.3. The minimum absolute atomic E-state index is 0.181. The number of H-pyrrole nitrogens is 1. The number of nitrogens with one attached hydrogen (secondary N) is 1. The summed E-state index contributed by atoms with van der Waals surface area (Å²) in [5.74, 6) is -0.530. The third-order valence-corrected chi connectivity index (χ3v) is 5.61. The molecule has 0 aromatic carbocycles. The topological polar surface area (TPSA) is 79.5 Å². The molecule has 0 radical (unpaired) electrons. The number of hydrogen-bond donors (Lipinski definition) is 1. The molecule has 21 heavy (non-hydrogen) atoms. The van der Waals surface area contributed by atoms with E-state index in [-0.39, 0.29) is 17.2 Å². The summed E-state index contributed by atoms with van der Waals surface area (Å²) in [5.41, 5.74) is 1.09. The van der Waals surface area contributed by atoms with Gasteiger partial charge in [0, 0.05) is 24.3 Å². The standard InChI is InChI=1S/C14H20N2O4S/c1-4-20-14(17)12-10(2)13(11(3)15-12)21(18,19)16-8-6-5-7-9-16/h5-6,15H,4,7-9H2,1-3H3. The Balaban J connectivity index is 2.44. The maximum absolute atomic E-state index is 12.7. The van der Waals surface area contributed by atoms with Crippen LogP contribution in [0.3, 0.4) is 0 Å². The molecule has 0 unspecified atom stereocenters. The average molecular weight is 312 g/mol. The molecule has 7 heteroatoms. The lowest BCUT2D eigenvalue weighted by atomic mass is 10.2. The van der Waals surface area contributed by atoms with Crippen LogP contribution in [0.15, 0.2) is 17.0 Å². The van der Waals surface area contributed by atoms with E-state index in [4.69, 9.17) is 4.74 Å². The van der Waals surface area contributed by atoms with Gasteiger partial charge in [0.15, 0.2) is 0 Å². The number of hydrogen-bond acceptors (Lipinski definition) is 4. The fraction of sp³-hybridized carbons (Fsp3) is 0.500. The van der Waals surface area contributed by atoms with Crippen molar-refractivity contribution in [2.24, 2.45) is 0 Å². The second kappa shape index (κ2) is 6.03. The van der Waals surface area contributed by atoms with Crippen LogP contribution < -0.4 is 0 Å². The number of carbonyl (C=O) groups is 1. The number of ether oxygens (including phenoxy) is 1. The smallest absolute Gasteiger partial charge is 0.355 e. The second-order valence-corrected chi connectivity index (χ2v) is 6.80. The number of aryl methyl sites for hydroxylation is 1. The van der Waals surface area contributed by atoms with E-state index in [2.05, 4.69) is 4.98 Å². The molecule has 116 valence electrons. The molecule has 0 bridgehead atoms. The van der Waals surface area contributed by atoms with Crippen LogP contribution in [-0.2, 0) is 14.8 Å². The second-order valence-electron chi connectivity index (χ2n) is 4.92. The van der Waals surface area contributed by atoms with Crippen LogP contribution in [-0.4, -0.2) is 43.4 Å². The maximum Gasteiger partial charge on any atom is 0.355 e. The number of aromatic nitrogens is 1. The molecule has 2 rings (SSSR count). The molecular weight excluding hydrogens is 292 g/mol. The predicted molar refractivity (Wildman–Crippen MR) is 78.7 cm³/mol. The van der Waals surface area contributed by atoms with E-state index in [0.717, 1.165) is 0 Å². The van der Waals surface area contributed by atoms with Gasteiger partial charge in [-0.3, -0.25) is 0 Å². The minimum Gasteiger partial charge on any atom is -0.461 e. The monoisotopic (exact) mass is 312 g/mol. The van der Waals surface area contributed by atoms with Gasteiger partial charge in [0.05, 0.1) is 6.61 Å². The molecule has 1 aromatic heterocycles. The van der Waals surface area contributed by atoms with Crippen molar-refractivity contribution in [3.8, 4) is 0 Å². The van der Waals surface area contributed by atoms with Crippen LogP contribution in [0, 0.1) is 13.8 Å². The Bertz CT molecular complexity index is 673. The Morgan fingerprint density at radius 2 is 2.10 bits per heavy atom. The number of aromatic amines is 1. The molecule has 0 saturated heterocycles. The van der Waals surface area contributed by atoms with E-state index in [9.17, 15) is 13.2 Å². The molecule has 6 nitrogen and oxygen atoms in total. The van der Waals surface area contributed by atoms with Gasteiger partial charge in [0.25, 0.3) is 0 Å². The van der Waals surface area contributed by atoms with Crippen LogP contribution in [0.1, 0.15) is 35.1 Å². The van der Waals surface area contributed by atoms with Crippen LogP contribution in [0.2, 0.25) is 0 Å². The summed E-state index contributed by atoms with van der Waals surface area (Å²) in [4.78, 5) is 14.9. The summed E-state index contributed by atoms with van der Waals surface area (Å²) >= 11 is 0. The summed E-state index contributed by atoms with van der Waals surface area (Å²) in [6.07, 6.45) is 4.50. The van der Waals surface area contributed by atoms with E-state index in [0.29, 0.717) is 30.8 Å². The predicted octanol–water partition coefficient (Wildman–Crippen LogP) is 1.76. The van der Waals surface area contributed by atoms with E-state index < -0.39 is 16.0 Å². The average Bonchev–Trinajstić information content (AvgIpc) is 2.76. The number of rotatable bonds is 4. The molecule has 2 heterocycles. The Labute approximate surface area is 124 Å². The molecule has 0 spiro atoms. The first-order valence-corrected chi connectivity index (χ1v) is 8.35. The first-order valence-electron chi connectivity index (χ1n) is 6.91. The molecule has 1 N–H and O–H groups in total. The third kappa shape index (κ3) is 2.89. The van der Waals surface area contributed by atoms with Crippen molar-refractivity contribution in [2.45, 2.75) is 32.1 Å². The van der Waals surface area contributed by atoms with Crippen molar-refractivity contribution in [1.29, 1.82) is 0 Å². The highest BCUT2D eigenvalue weighted by Gasteiger charge is 2.31. The van der Waals surface area contributed by atoms with Gasteiger partial charge in [0.1, 0.15) is 10.6 Å². The number of carbonyl (C=O) groups excluding carboxylic acids is 1. The molecular formula is C14H20N2O4S. The van der Waals surface area contributed by atoms with Gasteiger partial charge in [-0.25, -0.2) is 13.2 Å². The Kier molecular flexibility index (Phi) is 4.53. The molecule has 1 aromatic rings. The zero-order valence-electron chi connectivity index (χ0n) is 12.5. The number of esters is 1. The highest BCUT2D eigenvalue weighted by Crippen LogP contribution is 2.27. The number of nitrogens with zero attached hydrogens (tertiary/aromatic N) is 1. The molecule has 0 amide bonds. The Morgan fingerprint density at radius 1 is 1.38 bits per heavy atom.